The minimum atomic E-state index is -2.92. The Morgan fingerprint density at radius 3 is 2.44 bits per heavy atom. The summed E-state index contributed by atoms with van der Waals surface area (Å²) in [6.45, 7) is 5.82. The maximum atomic E-state index is 11.8. The summed E-state index contributed by atoms with van der Waals surface area (Å²) in [6.07, 6.45) is 1.90. The van der Waals surface area contributed by atoms with Gasteiger partial charge in [-0.05, 0) is 19.8 Å². The van der Waals surface area contributed by atoms with E-state index in [9.17, 15) is 13.2 Å². The van der Waals surface area contributed by atoms with Crippen LogP contribution in [0.5, 0.6) is 0 Å². The van der Waals surface area contributed by atoms with Crippen LogP contribution in [0.2, 0.25) is 0 Å². The van der Waals surface area contributed by atoms with Crippen LogP contribution < -0.4 is 0 Å². The van der Waals surface area contributed by atoms with Crippen LogP contribution in [0, 0.1) is 0 Å². The first-order valence-electron chi connectivity index (χ1n) is 5.92. The Balaban J connectivity index is 2.82. The summed E-state index contributed by atoms with van der Waals surface area (Å²) in [4.78, 5) is 13.6. The lowest BCUT2D eigenvalue weighted by Gasteiger charge is -2.33. The van der Waals surface area contributed by atoms with E-state index in [0.29, 0.717) is 12.8 Å². The van der Waals surface area contributed by atoms with E-state index in [0.717, 1.165) is 6.42 Å². The second-order valence-corrected chi connectivity index (χ2v) is 6.70. The van der Waals surface area contributed by atoms with E-state index in [1.54, 1.807) is 4.90 Å². The fourth-order valence-corrected chi connectivity index (χ4v) is 3.89. The van der Waals surface area contributed by atoms with Crippen molar-refractivity contribution >= 4 is 15.7 Å². The molecule has 0 radical (unpaired) electrons. The number of hydrogen-bond donors (Lipinski definition) is 0. The summed E-state index contributed by atoms with van der Waals surface area (Å²) in [5, 5.41) is 0. The number of rotatable bonds is 4. The predicted molar refractivity (Wildman–Crippen MR) is 63.9 cm³/mol. The SMILES string of the molecule is CCC(=O)N(C(C)CC)C1CCS(=O)(=O)C1. The van der Waals surface area contributed by atoms with Gasteiger partial charge in [-0.25, -0.2) is 8.42 Å². The number of carbonyl (C=O) groups is 1. The first-order chi connectivity index (χ1) is 7.41. The maximum Gasteiger partial charge on any atom is 0.222 e. The summed E-state index contributed by atoms with van der Waals surface area (Å²) >= 11 is 0. The molecule has 1 aliphatic heterocycles. The molecular formula is C11H21NO3S. The maximum absolute atomic E-state index is 11.8. The van der Waals surface area contributed by atoms with Gasteiger partial charge in [-0.15, -0.1) is 0 Å². The van der Waals surface area contributed by atoms with Gasteiger partial charge in [0.15, 0.2) is 9.84 Å². The van der Waals surface area contributed by atoms with Crippen molar-refractivity contribution in [3.63, 3.8) is 0 Å². The molecule has 0 aromatic rings. The second-order valence-electron chi connectivity index (χ2n) is 4.47. The average molecular weight is 247 g/mol. The van der Waals surface area contributed by atoms with Crippen molar-refractivity contribution in [1.29, 1.82) is 0 Å². The van der Waals surface area contributed by atoms with Gasteiger partial charge in [-0.1, -0.05) is 13.8 Å². The molecule has 0 aliphatic carbocycles. The molecule has 2 unspecified atom stereocenters. The van der Waals surface area contributed by atoms with Gasteiger partial charge in [0.25, 0.3) is 0 Å². The standard InChI is InChI=1S/C11H21NO3S/c1-4-9(3)12(11(13)5-2)10-6-7-16(14,15)8-10/h9-10H,4-8H2,1-3H3. The Kier molecular flexibility index (Phi) is 4.35. The van der Waals surface area contributed by atoms with Crippen molar-refractivity contribution in [2.24, 2.45) is 0 Å². The summed E-state index contributed by atoms with van der Waals surface area (Å²) in [5.41, 5.74) is 0. The molecule has 16 heavy (non-hydrogen) atoms. The smallest absolute Gasteiger partial charge is 0.222 e. The Bertz CT molecular complexity index is 350. The molecule has 0 aromatic carbocycles. The zero-order chi connectivity index (χ0) is 12.3. The van der Waals surface area contributed by atoms with Gasteiger partial charge in [-0.2, -0.15) is 0 Å². The van der Waals surface area contributed by atoms with Gasteiger partial charge >= 0.3 is 0 Å². The summed E-state index contributed by atoms with van der Waals surface area (Å²) in [6, 6.07) is 0.0261. The first-order valence-corrected chi connectivity index (χ1v) is 7.75. The second kappa shape index (κ2) is 5.17. The third-order valence-corrected chi connectivity index (χ3v) is 5.01. The number of carbonyl (C=O) groups excluding carboxylic acids is 1. The number of amides is 1. The van der Waals surface area contributed by atoms with Gasteiger partial charge in [0.1, 0.15) is 0 Å². The molecule has 1 saturated heterocycles. The van der Waals surface area contributed by atoms with E-state index < -0.39 is 9.84 Å². The predicted octanol–water partition coefficient (Wildman–Crippen LogP) is 1.21. The average Bonchev–Trinajstić information content (AvgIpc) is 2.58. The monoisotopic (exact) mass is 247 g/mol. The molecule has 0 saturated carbocycles. The molecule has 0 spiro atoms. The van der Waals surface area contributed by atoms with Crippen LogP contribution in [0.3, 0.4) is 0 Å². The molecule has 1 amide bonds. The summed E-state index contributed by atoms with van der Waals surface area (Å²) in [7, 11) is -2.92. The van der Waals surface area contributed by atoms with Crippen molar-refractivity contribution in [2.75, 3.05) is 11.5 Å². The Labute approximate surface area is 97.9 Å². The normalized spacial score (nSPS) is 25.3. The van der Waals surface area contributed by atoms with Gasteiger partial charge < -0.3 is 4.90 Å². The zero-order valence-corrected chi connectivity index (χ0v) is 11.1. The fraction of sp³-hybridized carbons (Fsp3) is 0.909. The van der Waals surface area contributed by atoms with Gasteiger partial charge in [0, 0.05) is 18.5 Å². The molecule has 4 nitrogen and oxygen atoms in total. The van der Waals surface area contributed by atoms with Crippen LogP contribution in [0.15, 0.2) is 0 Å². The van der Waals surface area contributed by atoms with Gasteiger partial charge in [0.2, 0.25) is 5.91 Å². The molecule has 1 fully saturated rings. The van der Waals surface area contributed by atoms with Crippen molar-refractivity contribution in [3.05, 3.63) is 0 Å². The van der Waals surface area contributed by atoms with Crippen molar-refractivity contribution in [3.8, 4) is 0 Å². The van der Waals surface area contributed by atoms with E-state index in [-0.39, 0.29) is 29.5 Å². The van der Waals surface area contributed by atoms with E-state index in [1.807, 2.05) is 20.8 Å². The quantitative estimate of drug-likeness (QED) is 0.750. The third kappa shape index (κ3) is 2.97. The molecule has 1 aliphatic rings. The number of sulfone groups is 1. The lowest BCUT2D eigenvalue weighted by molar-refractivity contribution is -0.135. The van der Waals surface area contributed by atoms with Crippen molar-refractivity contribution < 1.29 is 13.2 Å². The van der Waals surface area contributed by atoms with Crippen LogP contribution in [-0.2, 0) is 14.6 Å². The fourth-order valence-electron chi connectivity index (χ4n) is 2.18. The number of nitrogens with zero attached hydrogens (tertiary/aromatic N) is 1. The minimum absolute atomic E-state index is 0.0662. The molecule has 0 N–H and O–H groups in total. The van der Waals surface area contributed by atoms with E-state index in [2.05, 4.69) is 0 Å². The summed E-state index contributed by atoms with van der Waals surface area (Å²) in [5.74, 6) is 0.432. The Morgan fingerprint density at radius 1 is 1.44 bits per heavy atom. The highest BCUT2D eigenvalue weighted by molar-refractivity contribution is 7.91. The van der Waals surface area contributed by atoms with Crippen LogP contribution in [0.1, 0.15) is 40.0 Å². The van der Waals surface area contributed by atoms with Crippen LogP contribution in [-0.4, -0.2) is 42.8 Å². The molecule has 1 rings (SSSR count). The van der Waals surface area contributed by atoms with Gasteiger partial charge in [-0.3, -0.25) is 4.79 Å². The highest BCUT2D eigenvalue weighted by Crippen LogP contribution is 2.21. The van der Waals surface area contributed by atoms with E-state index >= 15 is 0 Å². The lowest BCUT2D eigenvalue weighted by atomic mass is 10.1. The highest BCUT2D eigenvalue weighted by Gasteiger charge is 2.35. The van der Waals surface area contributed by atoms with E-state index in [4.69, 9.17) is 0 Å². The summed E-state index contributed by atoms with van der Waals surface area (Å²) < 4.78 is 22.9. The minimum Gasteiger partial charge on any atom is -0.336 e. The van der Waals surface area contributed by atoms with Crippen LogP contribution in [0.25, 0.3) is 0 Å². The lowest BCUT2D eigenvalue weighted by Crippen LogP contribution is -2.46. The largest absolute Gasteiger partial charge is 0.336 e. The Hall–Kier alpha value is -0.580. The molecule has 2 atom stereocenters. The Morgan fingerprint density at radius 2 is 2.06 bits per heavy atom. The molecule has 0 aromatic heterocycles. The molecule has 94 valence electrons. The topological polar surface area (TPSA) is 54.5 Å². The molecule has 0 bridgehead atoms. The molecular weight excluding hydrogens is 226 g/mol. The molecule has 5 heteroatoms. The van der Waals surface area contributed by atoms with Gasteiger partial charge in [0.05, 0.1) is 11.5 Å². The van der Waals surface area contributed by atoms with E-state index in [1.165, 1.54) is 0 Å². The zero-order valence-electron chi connectivity index (χ0n) is 10.3. The number of hydrogen-bond acceptors (Lipinski definition) is 3. The van der Waals surface area contributed by atoms with Crippen molar-refractivity contribution in [2.45, 2.75) is 52.1 Å². The highest BCUT2D eigenvalue weighted by atomic mass is 32.2. The molecule has 1 heterocycles. The third-order valence-electron chi connectivity index (χ3n) is 3.26. The first kappa shape index (κ1) is 13.5. The van der Waals surface area contributed by atoms with Crippen molar-refractivity contribution in [1.82, 2.24) is 4.90 Å². The van der Waals surface area contributed by atoms with Crippen LogP contribution in [0.4, 0.5) is 0 Å². The van der Waals surface area contributed by atoms with Crippen LogP contribution >= 0.6 is 0 Å².